The van der Waals surface area contributed by atoms with Crippen molar-refractivity contribution in [3.63, 3.8) is 0 Å². The van der Waals surface area contributed by atoms with Gasteiger partial charge in [0.1, 0.15) is 11.4 Å². The summed E-state index contributed by atoms with van der Waals surface area (Å²) in [6, 6.07) is 20.5. The first kappa shape index (κ1) is 18.5. The summed E-state index contributed by atoms with van der Waals surface area (Å²) in [5.74, 6) is 1.47. The van der Waals surface area contributed by atoms with Crippen LogP contribution < -0.4 is 10.1 Å². The van der Waals surface area contributed by atoms with Crippen LogP contribution in [0.1, 0.15) is 23.2 Å². The molecule has 0 aliphatic heterocycles. The Kier molecular flexibility index (Phi) is 5.38. The quantitative estimate of drug-likeness (QED) is 0.506. The number of amides is 1. The monoisotopic (exact) mass is 389 g/mol. The molecule has 7 heteroatoms. The van der Waals surface area contributed by atoms with E-state index in [0.29, 0.717) is 23.8 Å². The number of carbonyl (C=O) groups is 1. The summed E-state index contributed by atoms with van der Waals surface area (Å²) in [6.07, 6.45) is 0. The number of nitrogens with zero attached hydrogens (tertiary/aromatic N) is 2. The fourth-order valence-corrected chi connectivity index (χ4v) is 2.80. The molecule has 0 fully saturated rings. The van der Waals surface area contributed by atoms with Crippen LogP contribution in [0.4, 0.5) is 0 Å². The Balaban J connectivity index is 1.38. The average Bonchev–Trinajstić information content (AvgIpc) is 3.44. The molecule has 0 saturated heterocycles. The minimum Gasteiger partial charge on any atom is -0.494 e. The molecule has 146 valence electrons. The van der Waals surface area contributed by atoms with Crippen LogP contribution in [-0.4, -0.2) is 22.8 Å². The van der Waals surface area contributed by atoms with Crippen LogP contribution in [-0.2, 0) is 6.54 Å². The summed E-state index contributed by atoms with van der Waals surface area (Å²) < 4.78 is 16.0. The highest BCUT2D eigenvalue weighted by Crippen LogP contribution is 2.23. The van der Waals surface area contributed by atoms with Gasteiger partial charge in [-0.25, -0.2) is 0 Å². The van der Waals surface area contributed by atoms with Crippen molar-refractivity contribution in [1.82, 2.24) is 15.6 Å². The Bertz CT molecular complexity index is 1080. The molecule has 0 bridgehead atoms. The number of aromatic nitrogens is 2. The van der Waals surface area contributed by atoms with Crippen LogP contribution in [0, 0.1) is 0 Å². The summed E-state index contributed by atoms with van der Waals surface area (Å²) >= 11 is 0. The number of hydrogen-bond acceptors (Lipinski definition) is 6. The first-order valence-electron chi connectivity index (χ1n) is 9.22. The number of benzene rings is 2. The third-order valence-electron chi connectivity index (χ3n) is 4.24. The van der Waals surface area contributed by atoms with Crippen LogP contribution in [0.25, 0.3) is 22.6 Å². The van der Waals surface area contributed by atoms with Crippen LogP contribution >= 0.6 is 0 Å². The van der Waals surface area contributed by atoms with Crippen LogP contribution in [0.2, 0.25) is 0 Å². The molecule has 0 spiro atoms. The minimum absolute atomic E-state index is 0.191. The fourth-order valence-electron chi connectivity index (χ4n) is 2.80. The van der Waals surface area contributed by atoms with Crippen molar-refractivity contribution in [3.05, 3.63) is 78.2 Å². The molecule has 0 aliphatic carbocycles. The maximum absolute atomic E-state index is 12.4. The van der Waals surface area contributed by atoms with E-state index in [9.17, 15) is 4.79 Å². The van der Waals surface area contributed by atoms with E-state index in [1.54, 1.807) is 12.1 Å². The average molecular weight is 389 g/mol. The molecule has 0 atom stereocenters. The molecule has 7 nitrogen and oxygen atoms in total. The number of hydrogen-bond donors (Lipinski definition) is 1. The van der Waals surface area contributed by atoms with E-state index in [1.165, 1.54) is 0 Å². The lowest BCUT2D eigenvalue weighted by molar-refractivity contribution is 0.0938. The van der Waals surface area contributed by atoms with Gasteiger partial charge in [0.2, 0.25) is 0 Å². The molecule has 0 aliphatic rings. The Hall–Kier alpha value is -3.87. The second kappa shape index (κ2) is 8.43. The summed E-state index contributed by atoms with van der Waals surface area (Å²) in [7, 11) is 0. The molecule has 2 heterocycles. The number of rotatable bonds is 7. The Morgan fingerprint density at radius 2 is 1.76 bits per heavy atom. The van der Waals surface area contributed by atoms with E-state index in [4.69, 9.17) is 13.8 Å². The maximum Gasteiger partial charge on any atom is 0.273 e. The van der Waals surface area contributed by atoms with Gasteiger partial charge in [0.05, 0.1) is 13.2 Å². The highest BCUT2D eigenvalue weighted by molar-refractivity contribution is 5.93. The predicted octanol–water partition coefficient (Wildman–Crippen LogP) is 4.33. The SMILES string of the molecule is CCOc1ccc(-c2cc(C(=O)NCc3cc(-c4ccccc4)no3)no2)cc1. The van der Waals surface area contributed by atoms with Crippen LogP contribution in [0.3, 0.4) is 0 Å². The van der Waals surface area contributed by atoms with Gasteiger partial charge in [-0.15, -0.1) is 0 Å². The van der Waals surface area contributed by atoms with Gasteiger partial charge >= 0.3 is 0 Å². The molecule has 1 N–H and O–H groups in total. The molecule has 2 aromatic heterocycles. The van der Waals surface area contributed by atoms with Crippen molar-refractivity contribution in [3.8, 4) is 28.3 Å². The molecule has 0 radical (unpaired) electrons. The van der Waals surface area contributed by atoms with Crippen molar-refractivity contribution >= 4 is 5.91 Å². The topological polar surface area (TPSA) is 90.4 Å². The molecule has 4 rings (SSSR count). The third-order valence-corrected chi connectivity index (χ3v) is 4.24. The molecule has 0 saturated carbocycles. The molecule has 1 amide bonds. The highest BCUT2D eigenvalue weighted by atomic mass is 16.5. The van der Waals surface area contributed by atoms with Crippen molar-refractivity contribution < 1.29 is 18.6 Å². The molecule has 29 heavy (non-hydrogen) atoms. The largest absolute Gasteiger partial charge is 0.494 e. The zero-order valence-corrected chi connectivity index (χ0v) is 15.8. The van der Waals surface area contributed by atoms with E-state index in [-0.39, 0.29) is 18.1 Å². The lowest BCUT2D eigenvalue weighted by Gasteiger charge is -2.02. The van der Waals surface area contributed by atoms with E-state index in [1.807, 2.05) is 61.5 Å². The summed E-state index contributed by atoms with van der Waals surface area (Å²) in [4.78, 5) is 12.4. The lowest BCUT2D eigenvalue weighted by atomic mass is 10.1. The van der Waals surface area contributed by atoms with Gasteiger partial charge in [-0.2, -0.15) is 0 Å². The van der Waals surface area contributed by atoms with Crippen molar-refractivity contribution in [2.75, 3.05) is 6.61 Å². The predicted molar refractivity (Wildman–Crippen MR) is 106 cm³/mol. The van der Waals surface area contributed by atoms with Gasteiger partial charge in [0.25, 0.3) is 5.91 Å². The smallest absolute Gasteiger partial charge is 0.273 e. The Labute approximate surface area is 167 Å². The second-order valence-electron chi connectivity index (χ2n) is 6.26. The Morgan fingerprint density at radius 1 is 0.966 bits per heavy atom. The molecular weight excluding hydrogens is 370 g/mol. The van der Waals surface area contributed by atoms with E-state index in [2.05, 4.69) is 15.6 Å². The van der Waals surface area contributed by atoms with Crippen LogP contribution in [0.15, 0.2) is 75.8 Å². The van der Waals surface area contributed by atoms with Gasteiger partial charge in [0, 0.05) is 23.3 Å². The fraction of sp³-hybridized carbons (Fsp3) is 0.136. The number of nitrogens with one attached hydrogen (secondary N) is 1. The Morgan fingerprint density at radius 3 is 2.52 bits per heavy atom. The lowest BCUT2D eigenvalue weighted by Crippen LogP contribution is -2.22. The standard InChI is InChI=1S/C22H19N3O4/c1-2-27-17-10-8-16(9-11-17)21-13-20(25-29-21)22(26)23-14-18-12-19(24-28-18)15-6-4-3-5-7-15/h3-13H,2,14H2,1H3,(H,23,26). The van der Waals surface area contributed by atoms with Crippen molar-refractivity contribution in [1.29, 1.82) is 0 Å². The molecule has 0 unspecified atom stereocenters. The van der Waals surface area contributed by atoms with Gasteiger partial charge in [-0.05, 0) is 31.2 Å². The maximum atomic E-state index is 12.4. The van der Waals surface area contributed by atoms with Gasteiger partial charge < -0.3 is 19.1 Å². The van der Waals surface area contributed by atoms with E-state index >= 15 is 0 Å². The summed E-state index contributed by atoms with van der Waals surface area (Å²) in [5, 5.41) is 10.6. The van der Waals surface area contributed by atoms with E-state index < -0.39 is 0 Å². The molecule has 2 aromatic carbocycles. The van der Waals surface area contributed by atoms with Crippen molar-refractivity contribution in [2.24, 2.45) is 0 Å². The van der Waals surface area contributed by atoms with Crippen molar-refractivity contribution in [2.45, 2.75) is 13.5 Å². The number of carbonyl (C=O) groups excluding carboxylic acids is 1. The zero-order chi connectivity index (χ0) is 20.1. The van der Waals surface area contributed by atoms with Crippen LogP contribution in [0.5, 0.6) is 5.75 Å². The second-order valence-corrected chi connectivity index (χ2v) is 6.26. The zero-order valence-electron chi connectivity index (χ0n) is 15.8. The first-order valence-corrected chi connectivity index (χ1v) is 9.22. The summed E-state index contributed by atoms with van der Waals surface area (Å²) in [5.41, 5.74) is 2.67. The number of ether oxygens (including phenoxy) is 1. The molecule has 4 aromatic rings. The van der Waals surface area contributed by atoms with E-state index in [0.717, 1.165) is 16.9 Å². The highest BCUT2D eigenvalue weighted by Gasteiger charge is 2.15. The normalized spacial score (nSPS) is 10.7. The van der Waals surface area contributed by atoms with Gasteiger partial charge in [-0.1, -0.05) is 40.6 Å². The molecular formula is C22H19N3O4. The third kappa shape index (κ3) is 4.35. The van der Waals surface area contributed by atoms with Gasteiger partial charge in [-0.3, -0.25) is 4.79 Å². The first-order chi connectivity index (χ1) is 14.2. The summed E-state index contributed by atoms with van der Waals surface area (Å²) in [6.45, 7) is 2.73. The minimum atomic E-state index is -0.358. The van der Waals surface area contributed by atoms with Gasteiger partial charge in [0.15, 0.2) is 17.2 Å².